The van der Waals surface area contributed by atoms with E-state index in [0.717, 1.165) is 18.4 Å². The Labute approximate surface area is 158 Å². The van der Waals surface area contributed by atoms with Crippen molar-refractivity contribution in [3.8, 4) is 0 Å². The maximum absolute atomic E-state index is 13.0. The Morgan fingerprint density at radius 1 is 1.19 bits per heavy atom. The third-order valence-electron chi connectivity index (χ3n) is 5.20. The number of carbonyl (C=O) groups is 3. The number of benzene rings is 1. The Hall–Kier alpha value is -2.44. The van der Waals surface area contributed by atoms with E-state index in [-0.39, 0.29) is 41.9 Å². The second kappa shape index (κ2) is 8.50. The fraction of sp³-hybridized carbons (Fsp3) is 0.550. The molecule has 2 aliphatic rings. The zero-order valence-electron chi connectivity index (χ0n) is 15.5. The highest BCUT2D eigenvalue weighted by Crippen LogP contribution is 2.25. The predicted octanol–water partition coefficient (Wildman–Crippen LogP) is 1.98. The summed E-state index contributed by atoms with van der Waals surface area (Å²) in [6.07, 6.45) is 1.67. The minimum Gasteiger partial charge on any atom is -0.466 e. The number of ether oxygens (including phenoxy) is 1. The van der Waals surface area contributed by atoms with E-state index in [4.69, 9.17) is 4.74 Å². The molecule has 0 unspecified atom stereocenters. The van der Waals surface area contributed by atoms with Gasteiger partial charge in [-0.05, 0) is 37.5 Å². The highest BCUT2D eigenvalue weighted by atomic mass is 19.1. The summed E-state index contributed by atoms with van der Waals surface area (Å²) < 4.78 is 18.1. The van der Waals surface area contributed by atoms with Gasteiger partial charge in [0.2, 0.25) is 11.8 Å². The molecule has 3 rings (SSSR count). The number of likely N-dealkylation sites (tertiary alicyclic amines) is 2. The van der Waals surface area contributed by atoms with Crippen LogP contribution < -0.4 is 0 Å². The van der Waals surface area contributed by atoms with Crippen LogP contribution in [0.5, 0.6) is 0 Å². The zero-order valence-corrected chi connectivity index (χ0v) is 15.5. The third kappa shape index (κ3) is 4.64. The quantitative estimate of drug-likeness (QED) is 0.737. The Kier molecular flexibility index (Phi) is 6.08. The second-order valence-corrected chi connectivity index (χ2v) is 7.18. The normalized spacial score (nSPS) is 22.8. The lowest BCUT2D eigenvalue weighted by Crippen LogP contribution is -2.45. The molecule has 7 heteroatoms. The molecule has 2 saturated heterocycles. The molecule has 0 saturated carbocycles. The summed E-state index contributed by atoms with van der Waals surface area (Å²) in [5.74, 6) is -1.39. The minimum absolute atomic E-state index is 0.0704. The minimum atomic E-state index is -0.390. The van der Waals surface area contributed by atoms with Crippen molar-refractivity contribution < 1.29 is 23.5 Å². The van der Waals surface area contributed by atoms with Gasteiger partial charge in [-0.15, -0.1) is 0 Å². The Morgan fingerprint density at radius 2 is 1.93 bits per heavy atom. The van der Waals surface area contributed by atoms with Crippen LogP contribution in [0.2, 0.25) is 0 Å². The molecule has 0 radical (unpaired) electrons. The number of carbonyl (C=O) groups excluding carboxylic acids is 3. The van der Waals surface area contributed by atoms with E-state index >= 15 is 0 Å². The first kappa shape index (κ1) is 19.3. The van der Waals surface area contributed by atoms with Gasteiger partial charge in [0, 0.05) is 32.6 Å². The Morgan fingerprint density at radius 3 is 2.63 bits per heavy atom. The van der Waals surface area contributed by atoms with Gasteiger partial charge in [-0.2, -0.15) is 0 Å². The van der Waals surface area contributed by atoms with Crippen molar-refractivity contribution in [3.63, 3.8) is 0 Å². The fourth-order valence-electron chi connectivity index (χ4n) is 3.79. The van der Waals surface area contributed by atoms with Crippen LogP contribution in [0.15, 0.2) is 24.3 Å². The maximum Gasteiger partial charge on any atom is 0.310 e. The molecule has 0 bridgehead atoms. The van der Waals surface area contributed by atoms with Gasteiger partial charge >= 0.3 is 5.97 Å². The summed E-state index contributed by atoms with van der Waals surface area (Å²) in [6.45, 7) is 3.80. The predicted molar refractivity (Wildman–Crippen MR) is 95.9 cm³/mol. The molecule has 0 N–H and O–H groups in total. The van der Waals surface area contributed by atoms with E-state index in [1.807, 2.05) is 0 Å². The van der Waals surface area contributed by atoms with Crippen LogP contribution in [-0.2, 0) is 25.7 Å². The van der Waals surface area contributed by atoms with E-state index in [1.54, 1.807) is 28.9 Å². The average Bonchev–Trinajstić information content (AvgIpc) is 3.04. The highest BCUT2D eigenvalue weighted by Gasteiger charge is 2.38. The molecule has 0 aromatic heterocycles. The number of hydrogen-bond donors (Lipinski definition) is 0. The number of rotatable bonds is 5. The lowest BCUT2D eigenvalue weighted by atomic mass is 9.96. The number of hydrogen-bond acceptors (Lipinski definition) is 4. The Bertz CT molecular complexity index is 706. The van der Waals surface area contributed by atoms with E-state index in [2.05, 4.69) is 0 Å². The second-order valence-electron chi connectivity index (χ2n) is 7.18. The van der Waals surface area contributed by atoms with Crippen LogP contribution >= 0.6 is 0 Å². The molecule has 1 aromatic rings. The topological polar surface area (TPSA) is 66.9 Å². The molecular weight excluding hydrogens is 351 g/mol. The van der Waals surface area contributed by atoms with Crippen molar-refractivity contribution in [1.82, 2.24) is 9.80 Å². The average molecular weight is 376 g/mol. The number of esters is 1. The number of piperidine rings is 1. The van der Waals surface area contributed by atoms with E-state index < -0.39 is 0 Å². The molecule has 2 amide bonds. The van der Waals surface area contributed by atoms with Gasteiger partial charge in [0.25, 0.3) is 0 Å². The van der Waals surface area contributed by atoms with E-state index in [1.165, 1.54) is 12.1 Å². The van der Waals surface area contributed by atoms with Gasteiger partial charge in [0.05, 0.1) is 18.4 Å². The number of nitrogens with zero attached hydrogens (tertiary/aromatic N) is 2. The first-order chi connectivity index (χ1) is 13.0. The molecule has 0 spiro atoms. The molecular formula is C20H25FN2O4. The van der Waals surface area contributed by atoms with Crippen LogP contribution in [0.3, 0.4) is 0 Å². The molecule has 146 valence electrons. The summed E-state index contributed by atoms with van der Waals surface area (Å²) in [6, 6.07) is 6.02. The van der Waals surface area contributed by atoms with Gasteiger partial charge in [-0.1, -0.05) is 12.1 Å². The highest BCUT2D eigenvalue weighted by molar-refractivity contribution is 5.89. The maximum atomic E-state index is 13.0. The summed E-state index contributed by atoms with van der Waals surface area (Å²) in [4.78, 5) is 40.5. The zero-order chi connectivity index (χ0) is 19.4. The monoisotopic (exact) mass is 376 g/mol. The summed E-state index contributed by atoms with van der Waals surface area (Å²) >= 11 is 0. The first-order valence-electron chi connectivity index (χ1n) is 9.45. The van der Waals surface area contributed by atoms with Gasteiger partial charge < -0.3 is 14.5 Å². The summed E-state index contributed by atoms with van der Waals surface area (Å²) in [5, 5.41) is 0. The summed E-state index contributed by atoms with van der Waals surface area (Å²) in [7, 11) is 0. The van der Waals surface area contributed by atoms with Crippen molar-refractivity contribution in [2.45, 2.75) is 32.7 Å². The molecule has 1 aromatic carbocycles. The van der Waals surface area contributed by atoms with Crippen molar-refractivity contribution in [1.29, 1.82) is 0 Å². The van der Waals surface area contributed by atoms with Gasteiger partial charge in [-0.3, -0.25) is 14.4 Å². The number of halogens is 1. The lowest BCUT2D eigenvalue weighted by molar-refractivity contribution is -0.152. The van der Waals surface area contributed by atoms with Crippen molar-refractivity contribution in [2.24, 2.45) is 11.8 Å². The van der Waals surface area contributed by atoms with Crippen LogP contribution in [0.4, 0.5) is 4.39 Å². The largest absolute Gasteiger partial charge is 0.466 e. The third-order valence-corrected chi connectivity index (χ3v) is 5.20. The van der Waals surface area contributed by atoms with Crippen LogP contribution in [-0.4, -0.2) is 53.8 Å². The van der Waals surface area contributed by atoms with E-state index in [0.29, 0.717) is 32.8 Å². The fourth-order valence-corrected chi connectivity index (χ4v) is 3.79. The molecule has 0 aliphatic carbocycles. The van der Waals surface area contributed by atoms with Crippen LogP contribution in [0.25, 0.3) is 0 Å². The molecule has 27 heavy (non-hydrogen) atoms. The standard InChI is InChI=1S/C20H25FN2O4/c1-2-27-20(26)15-4-3-9-22(12-15)19(25)16-10-18(24)23(13-16)11-14-5-7-17(21)8-6-14/h5-8,15-16H,2-4,9-13H2,1H3/t15-,16+/m0/s1. The van der Waals surface area contributed by atoms with Crippen LogP contribution in [0.1, 0.15) is 31.7 Å². The molecule has 6 nitrogen and oxygen atoms in total. The molecule has 2 fully saturated rings. The van der Waals surface area contributed by atoms with Crippen LogP contribution in [0, 0.1) is 17.7 Å². The Balaban J connectivity index is 1.58. The van der Waals surface area contributed by atoms with E-state index in [9.17, 15) is 18.8 Å². The van der Waals surface area contributed by atoms with Crippen molar-refractivity contribution >= 4 is 17.8 Å². The number of amides is 2. The first-order valence-corrected chi connectivity index (χ1v) is 9.45. The molecule has 2 heterocycles. The SMILES string of the molecule is CCOC(=O)[C@H]1CCCN(C(=O)[C@@H]2CC(=O)N(Cc3ccc(F)cc3)C2)C1. The summed E-state index contributed by atoms with van der Waals surface area (Å²) in [5.41, 5.74) is 0.832. The van der Waals surface area contributed by atoms with Crippen molar-refractivity contribution in [2.75, 3.05) is 26.2 Å². The molecule has 2 atom stereocenters. The van der Waals surface area contributed by atoms with Gasteiger partial charge in [-0.25, -0.2) is 4.39 Å². The van der Waals surface area contributed by atoms with Crippen molar-refractivity contribution in [3.05, 3.63) is 35.6 Å². The molecule has 2 aliphatic heterocycles. The smallest absolute Gasteiger partial charge is 0.310 e. The lowest BCUT2D eigenvalue weighted by Gasteiger charge is -2.33. The van der Waals surface area contributed by atoms with Gasteiger partial charge in [0.1, 0.15) is 5.82 Å². The van der Waals surface area contributed by atoms with Gasteiger partial charge in [0.15, 0.2) is 0 Å².